The summed E-state index contributed by atoms with van der Waals surface area (Å²) in [5, 5.41) is 2.12. The van der Waals surface area contributed by atoms with Crippen molar-refractivity contribution in [2.24, 2.45) is 5.73 Å². The molecule has 1 atom stereocenters. The van der Waals surface area contributed by atoms with Crippen LogP contribution in [0.3, 0.4) is 0 Å². The Labute approximate surface area is 119 Å². The van der Waals surface area contributed by atoms with Crippen LogP contribution in [0, 0.1) is 13.8 Å². The molecular weight excluding hydrogens is 252 g/mol. The van der Waals surface area contributed by atoms with Gasteiger partial charge in [-0.25, -0.2) is 0 Å². The summed E-state index contributed by atoms with van der Waals surface area (Å²) in [4.78, 5) is 3.71. The number of thiophene rings is 1. The number of rotatable bonds is 5. The highest BCUT2D eigenvalue weighted by atomic mass is 32.1. The van der Waals surface area contributed by atoms with E-state index in [4.69, 9.17) is 5.73 Å². The highest BCUT2D eigenvalue weighted by Gasteiger charge is 2.16. The molecule has 0 aliphatic rings. The van der Waals surface area contributed by atoms with E-state index in [1.54, 1.807) is 11.3 Å². The lowest BCUT2D eigenvalue weighted by Gasteiger charge is -2.27. The first kappa shape index (κ1) is 14.3. The highest BCUT2D eigenvalue weighted by Crippen LogP contribution is 2.23. The second kappa shape index (κ2) is 6.33. The Morgan fingerprint density at radius 3 is 2.58 bits per heavy atom. The third-order valence-electron chi connectivity index (χ3n) is 3.66. The average Bonchev–Trinajstić information content (AvgIpc) is 2.87. The van der Waals surface area contributed by atoms with E-state index in [9.17, 15) is 0 Å². The molecule has 3 heteroatoms. The lowest BCUT2D eigenvalue weighted by molar-refractivity contribution is 0.244. The van der Waals surface area contributed by atoms with Gasteiger partial charge in [0.2, 0.25) is 0 Å². The predicted octanol–water partition coefficient (Wildman–Crippen LogP) is 3.50. The first-order chi connectivity index (χ1) is 9.11. The molecule has 1 aromatic heterocycles. The van der Waals surface area contributed by atoms with E-state index in [1.807, 2.05) is 0 Å². The summed E-state index contributed by atoms with van der Waals surface area (Å²) in [5.74, 6) is 0. The molecule has 1 heterocycles. The van der Waals surface area contributed by atoms with Crippen molar-refractivity contribution < 1.29 is 0 Å². The Morgan fingerprint density at radius 1 is 1.21 bits per heavy atom. The molecule has 2 nitrogen and oxygen atoms in total. The van der Waals surface area contributed by atoms with E-state index in [-0.39, 0.29) is 6.04 Å². The summed E-state index contributed by atoms with van der Waals surface area (Å²) in [6.07, 6.45) is 0. The van der Waals surface area contributed by atoms with E-state index < -0.39 is 0 Å². The molecule has 0 fully saturated rings. The smallest absolute Gasteiger partial charge is 0.0471 e. The van der Waals surface area contributed by atoms with Crippen LogP contribution in [0.4, 0.5) is 0 Å². The summed E-state index contributed by atoms with van der Waals surface area (Å²) >= 11 is 1.80. The number of likely N-dealkylation sites (N-methyl/N-ethyl adjacent to an activating group) is 1. The van der Waals surface area contributed by atoms with E-state index in [1.165, 1.54) is 21.6 Å². The van der Waals surface area contributed by atoms with E-state index in [2.05, 4.69) is 61.5 Å². The van der Waals surface area contributed by atoms with Gasteiger partial charge in [0.05, 0.1) is 0 Å². The molecule has 0 aliphatic carbocycles. The third kappa shape index (κ3) is 3.44. The molecule has 0 aliphatic heterocycles. The lowest BCUT2D eigenvalue weighted by Crippen LogP contribution is -2.30. The Morgan fingerprint density at radius 2 is 2.00 bits per heavy atom. The molecule has 0 saturated carbocycles. The van der Waals surface area contributed by atoms with Gasteiger partial charge in [0.1, 0.15) is 0 Å². The van der Waals surface area contributed by atoms with Crippen LogP contribution in [0.1, 0.15) is 27.6 Å². The Kier molecular flexibility index (Phi) is 4.75. The molecule has 102 valence electrons. The van der Waals surface area contributed by atoms with Crippen LogP contribution in [0.2, 0.25) is 0 Å². The zero-order chi connectivity index (χ0) is 13.8. The molecule has 0 spiro atoms. The van der Waals surface area contributed by atoms with Crippen LogP contribution < -0.4 is 5.73 Å². The number of nitrogens with zero attached hydrogens (tertiary/aromatic N) is 1. The van der Waals surface area contributed by atoms with Gasteiger partial charge in [-0.2, -0.15) is 0 Å². The fourth-order valence-electron chi connectivity index (χ4n) is 2.30. The molecule has 0 radical (unpaired) electrons. The highest BCUT2D eigenvalue weighted by molar-refractivity contribution is 7.09. The summed E-state index contributed by atoms with van der Waals surface area (Å²) in [6, 6.07) is 11.2. The molecule has 2 N–H and O–H groups in total. The number of nitrogens with two attached hydrogens (primary N) is 1. The maximum atomic E-state index is 5.98. The molecule has 19 heavy (non-hydrogen) atoms. The Bertz CT molecular complexity index is 520. The van der Waals surface area contributed by atoms with Crippen LogP contribution in [-0.2, 0) is 6.54 Å². The van der Waals surface area contributed by atoms with Gasteiger partial charge in [0.15, 0.2) is 0 Å². The number of hydrogen-bond acceptors (Lipinski definition) is 3. The topological polar surface area (TPSA) is 29.3 Å². The Hall–Kier alpha value is -1.16. The molecule has 2 rings (SSSR count). The predicted molar refractivity (Wildman–Crippen MR) is 83.5 cm³/mol. The van der Waals surface area contributed by atoms with Crippen LogP contribution in [0.25, 0.3) is 0 Å². The van der Waals surface area contributed by atoms with Crippen LogP contribution >= 0.6 is 11.3 Å². The minimum Gasteiger partial charge on any atom is -0.329 e. The monoisotopic (exact) mass is 274 g/mol. The minimum atomic E-state index is 0.279. The second-order valence-electron chi connectivity index (χ2n) is 5.09. The van der Waals surface area contributed by atoms with Crippen molar-refractivity contribution in [1.82, 2.24) is 4.90 Å². The lowest BCUT2D eigenvalue weighted by atomic mass is 10.00. The molecular formula is C16H22N2S. The largest absolute Gasteiger partial charge is 0.329 e. The van der Waals surface area contributed by atoms with Crippen molar-refractivity contribution in [1.29, 1.82) is 0 Å². The number of aryl methyl sites for hydroxylation is 2. The quantitative estimate of drug-likeness (QED) is 0.904. The van der Waals surface area contributed by atoms with Crippen LogP contribution in [0.15, 0.2) is 35.7 Å². The average molecular weight is 274 g/mol. The molecule has 0 bridgehead atoms. The standard InChI is InChI=1S/C16H22N2S/c1-12-6-7-14(9-13(12)2)16(10-17)18(3)11-15-5-4-8-19-15/h4-9,16H,10-11,17H2,1-3H3. The zero-order valence-electron chi connectivity index (χ0n) is 11.9. The van der Waals surface area contributed by atoms with Crippen molar-refractivity contribution in [3.8, 4) is 0 Å². The van der Waals surface area contributed by atoms with Gasteiger partial charge in [-0.1, -0.05) is 24.3 Å². The fraction of sp³-hybridized carbons (Fsp3) is 0.375. The summed E-state index contributed by atoms with van der Waals surface area (Å²) in [7, 11) is 2.15. The van der Waals surface area contributed by atoms with Crippen LogP contribution in [-0.4, -0.2) is 18.5 Å². The van der Waals surface area contributed by atoms with Gasteiger partial charge in [0.25, 0.3) is 0 Å². The summed E-state index contributed by atoms with van der Waals surface area (Å²) in [6.45, 7) is 5.90. The van der Waals surface area contributed by atoms with Crippen molar-refractivity contribution in [3.63, 3.8) is 0 Å². The van der Waals surface area contributed by atoms with Gasteiger partial charge in [0, 0.05) is 24.0 Å². The molecule has 0 saturated heterocycles. The van der Waals surface area contributed by atoms with Gasteiger partial charge in [-0.05, 0) is 49.0 Å². The maximum Gasteiger partial charge on any atom is 0.0471 e. The van der Waals surface area contributed by atoms with Gasteiger partial charge in [-0.3, -0.25) is 4.90 Å². The van der Waals surface area contributed by atoms with Gasteiger partial charge in [-0.15, -0.1) is 11.3 Å². The molecule has 2 aromatic rings. The number of benzene rings is 1. The van der Waals surface area contributed by atoms with Crippen molar-refractivity contribution in [2.75, 3.05) is 13.6 Å². The van der Waals surface area contributed by atoms with E-state index >= 15 is 0 Å². The van der Waals surface area contributed by atoms with Gasteiger partial charge >= 0.3 is 0 Å². The molecule has 0 amide bonds. The normalized spacial score (nSPS) is 12.9. The van der Waals surface area contributed by atoms with E-state index in [0.29, 0.717) is 6.54 Å². The Balaban J connectivity index is 2.16. The first-order valence-electron chi connectivity index (χ1n) is 6.61. The zero-order valence-corrected chi connectivity index (χ0v) is 12.7. The molecule has 1 unspecified atom stereocenters. The van der Waals surface area contributed by atoms with Crippen LogP contribution in [0.5, 0.6) is 0 Å². The first-order valence-corrected chi connectivity index (χ1v) is 7.49. The minimum absolute atomic E-state index is 0.279. The SMILES string of the molecule is Cc1ccc(C(CN)N(C)Cc2cccs2)cc1C. The number of hydrogen-bond donors (Lipinski definition) is 1. The summed E-state index contributed by atoms with van der Waals surface area (Å²) < 4.78 is 0. The van der Waals surface area contributed by atoms with Crippen molar-refractivity contribution in [3.05, 3.63) is 57.3 Å². The summed E-state index contributed by atoms with van der Waals surface area (Å²) in [5.41, 5.74) is 9.96. The molecule has 1 aromatic carbocycles. The van der Waals surface area contributed by atoms with Crippen molar-refractivity contribution in [2.45, 2.75) is 26.4 Å². The maximum absolute atomic E-state index is 5.98. The fourth-order valence-corrected chi connectivity index (χ4v) is 3.07. The van der Waals surface area contributed by atoms with Gasteiger partial charge < -0.3 is 5.73 Å². The second-order valence-corrected chi connectivity index (χ2v) is 6.12. The third-order valence-corrected chi connectivity index (χ3v) is 4.52. The van der Waals surface area contributed by atoms with E-state index in [0.717, 1.165) is 6.54 Å². The van der Waals surface area contributed by atoms with Crippen molar-refractivity contribution >= 4 is 11.3 Å².